The Kier molecular flexibility index (Phi) is 4.04. The van der Waals surface area contributed by atoms with Gasteiger partial charge >= 0.3 is 5.69 Å². The fourth-order valence-electron chi connectivity index (χ4n) is 3.66. The highest BCUT2D eigenvalue weighted by molar-refractivity contribution is 5.92. The Labute approximate surface area is 136 Å². The molecule has 0 radical (unpaired) electrons. The molecule has 1 aromatic heterocycles. The van der Waals surface area contributed by atoms with E-state index >= 15 is 0 Å². The second-order valence-corrected chi connectivity index (χ2v) is 7.99. The summed E-state index contributed by atoms with van der Waals surface area (Å²) in [5.74, 6) is -0.118. The van der Waals surface area contributed by atoms with Crippen molar-refractivity contribution in [2.45, 2.75) is 45.4 Å². The summed E-state index contributed by atoms with van der Waals surface area (Å²) < 4.78 is 0. The summed E-state index contributed by atoms with van der Waals surface area (Å²) in [5, 5.41) is 3.41. The molecule has 0 aromatic carbocycles. The van der Waals surface area contributed by atoms with Crippen LogP contribution in [0.25, 0.3) is 0 Å². The molecule has 1 amide bonds. The van der Waals surface area contributed by atoms with Crippen LogP contribution >= 0.6 is 0 Å². The fourth-order valence-corrected chi connectivity index (χ4v) is 3.66. The number of rotatable bonds is 1. The van der Waals surface area contributed by atoms with Gasteiger partial charge in [0, 0.05) is 36.2 Å². The maximum atomic E-state index is 12.9. The van der Waals surface area contributed by atoms with E-state index in [2.05, 4.69) is 15.3 Å². The highest BCUT2D eigenvalue weighted by Crippen LogP contribution is 2.35. The number of carbonyl (C=O) groups excluding carboxylic acids is 1. The summed E-state index contributed by atoms with van der Waals surface area (Å²) in [6.45, 7) is 9.54. The van der Waals surface area contributed by atoms with Crippen molar-refractivity contribution in [3.63, 3.8) is 0 Å². The zero-order valence-corrected chi connectivity index (χ0v) is 14.2. The minimum absolute atomic E-state index is 0.118. The maximum Gasteiger partial charge on any atom is 0.345 e. The first-order chi connectivity index (χ1) is 10.8. The lowest BCUT2D eigenvalue weighted by atomic mass is 9.79. The number of hydrogen-bond acceptors (Lipinski definition) is 4. The van der Waals surface area contributed by atoms with Crippen LogP contribution in [0.3, 0.4) is 0 Å². The third-order valence-electron chi connectivity index (χ3n) is 5.05. The van der Waals surface area contributed by atoms with Crippen LogP contribution in [0, 0.1) is 5.41 Å². The predicted octanol–water partition coefficient (Wildman–Crippen LogP) is 1.28. The molecule has 6 nitrogen and oxygen atoms in total. The molecule has 1 atom stereocenters. The summed E-state index contributed by atoms with van der Waals surface area (Å²) in [5.41, 5.74) is 0.546. The second kappa shape index (κ2) is 5.74. The average Bonchev–Trinajstić information content (AvgIpc) is 2.92. The number of aromatic nitrogens is 2. The Morgan fingerprint density at radius 3 is 2.78 bits per heavy atom. The molecule has 6 heteroatoms. The van der Waals surface area contributed by atoms with Gasteiger partial charge in [-0.3, -0.25) is 4.79 Å². The first kappa shape index (κ1) is 16.2. The van der Waals surface area contributed by atoms with E-state index in [0.717, 1.165) is 44.7 Å². The van der Waals surface area contributed by atoms with Crippen molar-refractivity contribution in [1.29, 1.82) is 0 Å². The molecule has 126 valence electrons. The van der Waals surface area contributed by atoms with E-state index in [9.17, 15) is 9.59 Å². The van der Waals surface area contributed by atoms with Gasteiger partial charge in [0.25, 0.3) is 5.91 Å². The number of amides is 1. The van der Waals surface area contributed by atoms with Gasteiger partial charge in [-0.2, -0.15) is 4.98 Å². The van der Waals surface area contributed by atoms with Crippen LogP contribution in [-0.4, -0.2) is 47.0 Å². The number of aromatic amines is 1. The van der Waals surface area contributed by atoms with Crippen LogP contribution in [0.5, 0.6) is 0 Å². The van der Waals surface area contributed by atoms with E-state index in [-0.39, 0.29) is 22.4 Å². The van der Waals surface area contributed by atoms with Gasteiger partial charge in [0.2, 0.25) is 0 Å². The minimum Gasteiger partial charge on any atom is -0.337 e. The monoisotopic (exact) mass is 318 g/mol. The van der Waals surface area contributed by atoms with Gasteiger partial charge in [-0.05, 0) is 31.9 Å². The molecule has 2 saturated heterocycles. The van der Waals surface area contributed by atoms with E-state index in [1.165, 1.54) is 6.42 Å². The van der Waals surface area contributed by atoms with Crippen LogP contribution < -0.4 is 11.0 Å². The molecule has 2 aliphatic rings. The van der Waals surface area contributed by atoms with Gasteiger partial charge in [-0.25, -0.2) is 4.79 Å². The second-order valence-electron chi connectivity index (χ2n) is 7.99. The molecule has 2 N–H and O–H groups in total. The number of nitrogens with one attached hydrogen (secondary N) is 2. The Hall–Kier alpha value is -1.69. The SMILES string of the molecule is CC(C)(C)c1cc(C(=O)N2CCCC3(CCNC3)C2)nc(=O)[nH]1. The van der Waals surface area contributed by atoms with Crippen LogP contribution in [-0.2, 0) is 5.41 Å². The summed E-state index contributed by atoms with van der Waals surface area (Å²) in [4.78, 5) is 33.3. The number of hydrogen-bond donors (Lipinski definition) is 2. The van der Waals surface area contributed by atoms with Gasteiger partial charge in [0.05, 0.1) is 0 Å². The number of nitrogens with zero attached hydrogens (tertiary/aromatic N) is 2. The highest BCUT2D eigenvalue weighted by atomic mass is 16.2. The molecule has 2 fully saturated rings. The Morgan fingerprint density at radius 1 is 1.35 bits per heavy atom. The van der Waals surface area contributed by atoms with Crippen LogP contribution in [0.15, 0.2) is 10.9 Å². The number of likely N-dealkylation sites (tertiary alicyclic amines) is 1. The maximum absolute atomic E-state index is 12.9. The molecule has 1 spiro atoms. The zero-order valence-electron chi connectivity index (χ0n) is 14.2. The molecule has 3 rings (SSSR count). The van der Waals surface area contributed by atoms with Crippen LogP contribution in [0.1, 0.15) is 56.2 Å². The van der Waals surface area contributed by atoms with Gasteiger partial charge in [-0.1, -0.05) is 20.8 Å². The van der Waals surface area contributed by atoms with E-state index in [1.807, 2.05) is 25.7 Å². The van der Waals surface area contributed by atoms with Crippen LogP contribution in [0.4, 0.5) is 0 Å². The molecule has 0 bridgehead atoms. The molecule has 0 saturated carbocycles. The molecular weight excluding hydrogens is 292 g/mol. The molecule has 23 heavy (non-hydrogen) atoms. The first-order valence-electron chi connectivity index (χ1n) is 8.41. The normalized spacial score (nSPS) is 25.1. The lowest BCUT2D eigenvalue weighted by Gasteiger charge is -2.39. The smallest absolute Gasteiger partial charge is 0.337 e. The molecule has 2 aliphatic heterocycles. The van der Waals surface area contributed by atoms with Crippen molar-refractivity contribution in [3.05, 3.63) is 27.9 Å². The molecule has 0 aliphatic carbocycles. The van der Waals surface area contributed by atoms with Crippen molar-refractivity contribution in [3.8, 4) is 0 Å². The van der Waals surface area contributed by atoms with Gasteiger partial charge < -0.3 is 15.2 Å². The highest BCUT2D eigenvalue weighted by Gasteiger charge is 2.39. The van der Waals surface area contributed by atoms with Crippen molar-refractivity contribution >= 4 is 5.91 Å². The summed E-state index contributed by atoms with van der Waals surface area (Å²) in [6.07, 6.45) is 3.30. The van der Waals surface area contributed by atoms with Crippen molar-refractivity contribution in [1.82, 2.24) is 20.2 Å². The standard InChI is InChI=1S/C17H26N4O2/c1-16(2,3)13-9-12(19-15(23)20-13)14(22)21-8-4-5-17(11-21)6-7-18-10-17/h9,18H,4-8,10-11H2,1-3H3,(H,19,20,23). The fraction of sp³-hybridized carbons (Fsp3) is 0.706. The third-order valence-corrected chi connectivity index (χ3v) is 5.05. The van der Waals surface area contributed by atoms with E-state index in [0.29, 0.717) is 0 Å². The largest absolute Gasteiger partial charge is 0.345 e. The topological polar surface area (TPSA) is 78.1 Å². The average molecular weight is 318 g/mol. The van der Waals surface area contributed by atoms with Gasteiger partial charge in [0.15, 0.2) is 0 Å². The lowest BCUT2D eigenvalue weighted by molar-refractivity contribution is 0.0547. The van der Waals surface area contributed by atoms with Gasteiger partial charge in [-0.15, -0.1) is 0 Å². The van der Waals surface area contributed by atoms with E-state index < -0.39 is 5.69 Å². The first-order valence-corrected chi connectivity index (χ1v) is 8.41. The summed E-state index contributed by atoms with van der Waals surface area (Å²) >= 11 is 0. The molecule has 1 unspecified atom stereocenters. The summed E-state index contributed by atoms with van der Waals surface area (Å²) in [6, 6.07) is 1.73. The molecule has 1 aromatic rings. The lowest BCUT2D eigenvalue weighted by Crippen LogP contribution is -2.47. The van der Waals surface area contributed by atoms with E-state index in [1.54, 1.807) is 6.07 Å². The Morgan fingerprint density at radius 2 is 2.13 bits per heavy atom. The van der Waals surface area contributed by atoms with E-state index in [4.69, 9.17) is 0 Å². The van der Waals surface area contributed by atoms with Crippen molar-refractivity contribution in [2.24, 2.45) is 5.41 Å². The number of piperidine rings is 1. The minimum atomic E-state index is -0.449. The number of H-pyrrole nitrogens is 1. The Bertz CT molecular complexity index is 653. The van der Waals surface area contributed by atoms with Crippen LogP contribution in [0.2, 0.25) is 0 Å². The zero-order chi connectivity index (χ0) is 16.7. The predicted molar refractivity (Wildman–Crippen MR) is 88.6 cm³/mol. The number of carbonyl (C=O) groups is 1. The quantitative estimate of drug-likeness (QED) is 0.818. The molecule has 3 heterocycles. The van der Waals surface area contributed by atoms with Crippen molar-refractivity contribution in [2.75, 3.05) is 26.2 Å². The summed E-state index contributed by atoms with van der Waals surface area (Å²) in [7, 11) is 0. The Balaban J connectivity index is 1.85. The molecular formula is C17H26N4O2. The van der Waals surface area contributed by atoms with Gasteiger partial charge in [0.1, 0.15) is 5.69 Å². The third kappa shape index (κ3) is 3.32. The van der Waals surface area contributed by atoms with Crippen molar-refractivity contribution < 1.29 is 4.79 Å².